The Morgan fingerprint density at radius 3 is 2.65 bits per heavy atom. The maximum absolute atomic E-state index is 6.07. The highest BCUT2D eigenvalue weighted by Gasteiger charge is 2.17. The van der Waals surface area contributed by atoms with E-state index in [1.165, 1.54) is 15.3 Å². The number of thiophene rings is 1. The molecule has 90 valence electrons. The Kier molecular flexibility index (Phi) is 5.01. The highest BCUT2D eigenvalue weighted by molar-refractivity contribution is 9.11. The maximum atomic E-state index is 6.07. The SMILES string of the molecule is CSc1ccccc1C(Br)c1cc(Cl)c(Br)s1. The number of alkyl halides is 1. The molecule has 0 N–H and O–H groups in total. The standard InChI is InChI=1S/C12H9Br2ClS2/c1-16-9-5-3-2-4-7(9)11(13)10-6-8(15)12(14)17-10/h2-6,11H,1H3. The van der Waals surface area contributed by atoms with Gasteiger partial charge < -0.3 is 0 Å². The van der Waals surface area contributed by atoms with Crippen molar-refractivity contribution in [2.75, 3.05) is 6.26 Å². The second-order valence-corrected chi connectivity index (χ2v) is 7.95. The highest BCUT2D eigenvalue weighted by atomic mass is 79.9. The molecular weight excluding hydrogens is 404 g/mol. The van der Waals surface area contributed by atoms with Crippen LogP contribution in [0.2, 0.25) is 5.02 Å². The molecule has 0 bridgehead atoms. The monoisotopic (exact) mass is 410 g/mol. The average molecular weight is 413 g/mol. The second kappa shape index (κ2) is 6.11. The maximum Gasteiger partial charge on any atom is 0.0887 e. The van der Waals surface area contributed by atoms with Gasteiger partial charge in [-0.05, 0) is 39.9 Å². The first-order valence-electron chi connectivity index (χ1n) is 4.85. The molecule has 2 aromatic rings. The predicted molar refractivity (Wildman–Crippen MR) is 86.0 cm³/mol. The summed E-state index contributed by atoms with van der Waals surface area (Å²) in [6.07, 6.45) is 2.09. The summed E-state index contributed by atoms with van der Waals surface area (Å²) < 4.78 is 0.986. The lowest BCUT2D eigenvalue weighted by Crippen LogP contribution is -1.91. The minimum Gasteiger partial charge on any atom is -0.130 e. The second-order valence-electron chi connectivity index (χ2n) is 3.37. The van der Waals surface area contributed by atoms with E-state index in [2.05, 4.69) is 62.4 Å². The van der Waals surface area contributed by atoms with Gasteiger partial charge in [0.2, 0.25) is 0 Å². The minimum absolute atomic E-state index is 0.194. The van der Waals surface area contributed by atoms with Crippen molar-refractivity contribution in [3.05, 3.63) is 49.6 Å². The van der Waals surface area contributed by atoms with Gasteiger partial charge in [-0.25, -0.2) is 0 Å². The van der Waals surface area contributed by atoms with Crippen LogP contribution in [0.1, 0.15) is 15.3 Å². The summed E-state index contributed by atoms with van der Waals surface area (Å²) >= 11 is 16.7. The molecule has 1 unspecified atom stereocenters. The Balaban J connectivity index is 2.39. The molecule has 1 aromatic heterocycles. The molecule has 17 heavy (non-hydrogen) atoms. The quantitative estimate of drug-likeness (QED) is 0.417. The fourth-order valence-electron chi connectivity index (χ4n) is 1.52. The van der Waals surface area contributed by atoms with Gasteiger partial charge in [0.05, 0.1) is 13.6 Å². The molecule has 0 aliphatic heterocycles. The number of hydrogen-bond acceptors (Lipinski definition) is 2. The summed E-state index contributed by atoms with van der Waals surface area (Å²) in [5.74, 6) is 0. The molecule has 1 aromatic carbocycles. The van der Waals surface area contributed by atoms with Crippen molar-refractivity contribution >= 4 is 66.6 Å². The van der Waals surface area contributed by atoms with Crippen LogP contribution < -0.4 is 0 Å². The Morgan fingerprint density at radius 2 is 2.06 bits per heavy atom. The lowest BCUT2D eigenvalue weighted by atomic mass is 10.1. The van der Waals surface area contributed by atoms with Gasteiger partial charge in [0.1, 0.15) is 0 Å². The van der Waals surface area contributed by atoms with Gasteiger partial charge in [0.25, 0.3) is 0 Å². The van der Waals surface area contributed by atoms with Crippen LogP contribution >= 0.6 is 66.6 Å². The van der Waals surface area contributed by atoms with Crippen molar-refractivity contribution in [1.29, 1.82) is 0 Å². The normalized spacial score (nSPS) is 12.7. The molecular formula is C12H9Br2ClS2. The molecule has 1 atom stereocenters. The number of thioether (sulfide) groups is 1. The van der Waals surface area contributed by atoms with Gasteiger partial charge >= 0.3 is 0 Å². The predicted octanol–water partition coefficient (Wildman–Crippen LogP) is 6.37. The zero-order valence-electron chi connectivity index (χ0n) is 8.91. The minimum atomic E-state index is 0.194. The van der Waals surface area contributed by atoms with E-state index in [0.29, 0.717) is 0 Å². The molecule has 0 aliphatic carbocycles. The largest absolute Gasteiger partial charge is 0.130 e. The van der Waals surface area contributed by atoms with Crippen molar-refractivity contribution in [1.82, 2.24) is 0 Å². The lowest BCUT2D eigenvalue weighted by molar-refractivity contribution is 1.15. The van der Waals surface area contributed by atoms with Crippen LogP contribution in [0.15, 0.2) is 39.0 Å². The van der Waals surface area contributed by atoms with Gasteiger partial charge in [-0.2, -0.15) is 0 Å². The first kappa shape index (κ1) is 13.9. The first-order chi connectivity index (χ1) is 8.13. The molecule has 0 fully saturated rings. The van der Waals surface area contributed by atoms with E-state index in [1.54, 1.807) is 23.1 Å². The first-order valence-corrected chi connectivity index (χ1v) is 8.98. The summed E-state index contributed by atoms with van der Waals surface area (Å²) in [5.41, 5.74) is 1.28. The fraction of sp³-hybridized carbons (Fsp3) is 0.167. The van der Waals surface area contributed by atoms with E-state index in [4.69, 9.17) is 11.6 Å². The third-order valence-corrected chi connectivity index (χ3v) is 6.97. The zero-order valence-corrected chi connectivity index (χ0v) is 14.5. The molecule has 2 rings (SSSR count). The van der Waals surface area contributed by atoms with Crippen LogP contribution in [0.3, 0.4) is 0 Å². The Hall–Kier alpha value is 0.520. The number of hydrogen-bond donors (Lipinski definition) is 0. The average Bonchev–Trinajstić information content (AvgIpc) is 2.68. The number of benzene rings is 1. The fourth-order valence-corrected chi connectivity index (χ4v) is 4.86. The van der Waals surface area contributed by atoms with Crippen molar-refractivity contribution < 1.29 is 0 Å². The summed E-state index contributed by atoms with van der Waals surface area (Å²) in [6, 6.07) is 10.4. The smallest absolute Gasteiger partial charge is 0.0887 e. The summed E-state index contributed by atoms with van der Waals surface area (Å²) in [5, 5.41) is 0.774. The van der Waals surface area contributed by atoms with Crippen LogP contribution in [0.5, 0.6) is 0 Å². The third kappa shape index (κ3) is 3.10. The number of halogens is 3. The van der Waals surface area contributed by atoms with E-state index in [0.717, 1.165) is 8.81 Å². The Labute approximate surface area is 131 Å². The lowest BCUT2D eigenvalue weighted by Gasteiger charge is -2.12. The molecule has 5 heteroatoms. The van der Waals surface area contributed by atoms with Gasteiger partial charge in [0.15, 0.2) is 0 Å². The summed E-state index contributed by atoms with van der Waals surface area (Å²) in [7, 11) is 0. The molecule has 0 aliphatic rings. The molecule has 0 saturated heterocycles. The van der Waals surface area contributed by atoms with Crippen molar-refractivity contribution in [3.8, 4) is 0 Å². The van der Waals surface area contributed by atoms with E-state index in [-0.39, 0.29) is 4.83 Å². The molecule has 0 spiro atoms. The molecule has 0 saturated carbocycles. The molecule has 0 amide bonds. The third-order valence-electron chi connectivity index (χ3n) is 2.33. The van der Waals surface area contributed by atoms with Gasteiger partial charge in [0, 0.05) is 9.77 Å². The summed E-state index contributed by atoms with van der Waals surface area (Å²) in [6.45, 7) is 0. The van der Waals surface area contributed by atoms with Crippen LogP contribution in [0.4, 0.5) is 0 Å². The van der Waals surface area contributed by atoms with Gasteiger partial charge in [-0.15, -0.1) is 23.1 Å². The van der Waals surface area contributed by atoms with Crippen LogP contribution in [-0.2, 0) is 0 Å². The van der Waals surface area contributed by atoms with Crippen LogP contribution in [0, 0.1) is 0 Å². The molecule has 0 nitrogen and oxygen atoms in total. The Morgan fingerprint density at radius 1 is 1.35 bits per heavy atom. The van der Waals surface area contributed by atoms with Crippen molar-refractivity contribution in [2.24, 2.45) is 0 Å². The van der Waals surface area contributed by atoms with E-state index in [1.807, 2.05) is 6.07 Å². The van der Waals surface area contributed by atoms with Gasteiger partial charge in [-0.3, -0.25) is 0 Å². The highest BCUT2D eigenvalue weighted by Crippen LogP contribution is 2.43. The Bertz CT molecular complexity index is 505. The molecule has 0 radical (unpaired) electrons. The summed E-state index contributed by atoms with van der Waals surface area (Å²) in [4.78, 5) is 2.69. The van der Waals surface area contributed by atoms with Crippen LogP contribution in [0.25, 0.3) is 0 Å². The van der Waals surface area contributed by atoms with E-state index in [9.17, 15) is 0 Å². The zero-order chi connectivity index (χ0) is 12.4. The number of rotatable bonds is 3. The van der Waals surface area contributed by atoms with E-state index < -0.39 is 0 Å². The van der Waals surface area contributed by atoms with E-state index >= 15 is 0 Å². The van der Waals surface area contributed by atoms with Crippen LogP contribution in [-0.4, -0.2) is 6.26 Å². The van der Waals surface area contributed by atoms with Crippen molar-refractivity contribution in [3.63, 3.8) is 0 Å². The topological polar surface area (TPSA) is 0 Å². The molecule has 1 heterocycles. The van der Waals surface area contributed by atoms with Gasteiger partial charge in [-0.1, -0.05) is 45.7 Å². The van der Waals surface area contributed by atoms with Crippen molar-refractivity contribution in [2.45, 2.75) is 9.72 Å².